The van der Waals surface area contributed by atoms with E-state index >= 15 is 0 Å². The van der Waals surface area contributed by atoms with Crippen LogP contribution >= 0.6 is 11.6 Å². The van der Waals surface area contributed by atoms with Crippen molar-refractivity contribution < 1.29 is 8.78 Å². The van der Waals surface area contributed by atoms with Crippen molar-refractivity contribution in [3.8, 4) is 22.5 Å². The maximum Gasteiger partial charge on any atom is 0.266 e. The van der Waals surface area contributed by atoms with Crippen LogP contribution in [-0.2, 0) is 0 Å². The quantitative estimate of drug-likeness (QED) is 0.717. The Morgan fingerprint density at radius 1 is 1.15 bits per heavy atom. The third-order valence-electron chi connectivity index (χ3n) is 4.95. The van der Waals surface area contributed by atoms with Crippen LogP contribution in [0.15, 0.2) is 55.1 Å². The molecule has 0 bridgehead atoms. The Morgan fingerprint density at radius 3 is 2.48 bits per heavy atom. The van der Waals surface area contributed by atoms with Gasteiger partial charge in [0.05, 0.1) is 30.2 Å². The van der Waals surface area contributed by atoms with Gasteiger partial charge in [0.2, 0.25) is 0 Å². The summed E-state index contributed by atoms with van der Waals surface area (Å²) < 4.78 is 30.3. The number of aromatic nitrogens is 3. The van der Waals surface area contributed by atoms with Crippen LogP contribution in [0.3, 0.4) is 0 Å². The summed E-state index contributed by atoms with van der Waals surface area (Å²) in [7, 11) is 0. The van der Waals surface area contributed by atoms with Gasteiger partial charge in [0.1, 0.15) is 0 Å². The van der Waals surface area contributed by atoms with Gasteiger partial charge in [0, 0.05) is 41.1 Å². The largest absolute Gasteiger partial charge is 0.326 e. The molecule has 0 saturated carbocycles. The van der Waals surface area contributed by atoms with Gasteiger partial charge in [-0.2, -0.15) is 0 Å². The summed E-state index contributed by atoms with van der Waals surface area (Å²) in [6.45, 7) is 3.95. The van der Waals surface area contributed by atoms with Crippen molar-refractivity contribution in [2.45, 2.75) is 12.0 Å². The van der Waals surface area contributed by atoms with Crippen molar-refractivity contribution in [2.75, 3.05) is 13.1 Å². The lowest BCUT2D eigenvalue weighted by Crippen LogP contribution is -2.33. The zero-order chi connectivity index (χ0) is 19.0. The lowest BCUT2D eigenvalue weighted by molar-refractivity contribution is -0.0340. The molecule has 1 aliphatic heterocycles. The third kappa shape index (κ3) is 3.35. The molecule has 27 heavy (non-hydrogen) atoms. The first-order chi connectivity index (χ1) is 13.0. The van der Waals surface area contributed by atoms with Gasteiger partial charge >= 0.3 is 0 Å². The van der Waals surface area contributed by atoms with E-state index in [4.69, 9.17) is 11.6 Å². The van der Waals surface area contributed by atoms with Gasteiger partial charge in [-0.3, -0.25) is 4.98 Å². The van der Waals surface area contributed by atoms with Crippen molar-refractivity contribution in [3.05, 3.63) is 67.1 Å². The highest BCUT2D eigenvalue weighted by Gasteiger charge is 2.47. The van der Waals surface area contributed by atoms with Gasteiger partial charge in [0.25, 0.3) is 5.92 Å². The van der Waals surface area contributed by atoms with Crippen LogP contribution < -0.4 is 5.32 Å². The van der Waals surface area contributed by atoms with Crippen LogP contribution in [0.25, 0.3) is 22.5 Å². The number of benzene rings is 1. The summed E-state index contributed by atoms with van der Waals surface area (Å²) in [4.78, 5) is 8.58. The Hall–Kier alpha value is -2.31. The molecule has 139 valence electrons. The van der Waals surface area contributed by atoms with E-state index in [1.807, 2.05) is 24.3 Å². The fraction of sp³-hybridized carbons (Fsp3) is 0.250. The minimum atomic E-state index is -2.81. The molecule has 0 spiro atoms. The standard InChI is InChI=1S/C20H18ClF2N4/c1-13(17-10-25-11-20(17,22)23)27-12-26-18(14-2-4-16(21)5-3-14)19(27)15-6-8-24-9-7-15/h2-9,12-13,17,25H,1,10-11H2. The van der Waals surface area contributed by atoms with Gasteiger partial charge in [0.15, 0.2) is 0 Å². The second-order valence-electron chi connectivity index (χ2n) is 6.66. The summed E-state index contributed by atoms with van der Waals surface area (Å²) in [5.74, 6) is -3.72. The van der Waals surface area contributed by atoms with E-state index < -0.39 is 17.9 Å². The Balaban J connectivity index is 1.84. The van der Waals surface area contributed by atoms with Crippen LogP contribution in [0.5, 0.6) is 0 Å². The number of hydrogen-bond acceptors (Lipinski definition) is 3. The topological polar surface area (TPSA) is 42.7 Å². The monoisotopic (exact) mass is 387 g/mol. The number of halogens is 3. The van der Waals surface area contributed by atoms with Crippen molar-refractivity contribution in [1.29, 1.82) is 0 Å². The van der Waals surface area contributed by atoms with E-state index in [1.54, 1.807) is 35.4 Å². The smallest absolute Gasteiger partial charge is 0.266 e. The highest BCUT2D eigenvalue weighted by Crippen LogP contribution is 2.40. The average Bonchev–Trinajstić information content (AvgIpc) is 3.25. The van der Waals surface area contributed by atoms with Crippen molar-refractivity contribution in [3.63, 3.8) is 0 Å². The van der Waals surface area contributed by atoms with Crippen molar-refractivity contribution in [1.82, 2.24) is 19.9 Å². The molecule has 2 unspecified atom stereocenters. The van der Waals surface area contributed by atoms with Crippen LogP contribution in [0.4, 0.5) is 8.78 Å². The van der Waals surface area contributed by atoms with Gasteiger partial charge in [-0.15, -0.1) is 0 Å². The minimum Gasteiger partial charge on any atom is -0.326 e. The average molecular weight is 388 g/mol. The molecule has 2 atom stereocenters. The highest BCUT2D eigenvalue weighted by atomic mass is 35.5. The molecule has 4 nitrogen and oxygen atoms in total. The predicted octanol–water partition coefficient (Wildman–Crippen LogP) is 4.50. The van der Waals surface area contributed by atoms with Crippen LogP contribution in [0.1, 0.15) is 6.04 Å². The third-order valence-corrected chi connectivity index (χ3v) is 5.21. The van der Waals surface area contributed by atoms with Gasteiger partial charge in [-0.05, 0) is 31.2 Å². The van der Waals surface area contributed by atoms with E-state index in [2.05, 4.69) is 22.2 Å². The van der Waals surface area contributed by atoms with Gasteiger partial charge in [-0.1, -0.05) is 23.7 Å². The normalized spacial score (nSPS) is 19.9. The molecular formula is C20H18ClF2N4. The lowest BCUT2D eigenvalue weighted by atomic mass is 9.95. The summed E-state index contributed by atoms with van der Waals surface area (Å²) in [6, 6.07) is 10.3. The van der Waals surface area contributed by atoms with Gasteiger partial charge in [-0.25, -0.2) is 13.8 Å². The zero-order valence-corrected chi connectivity index (χ0v) is 15.2. The first-order valence-electron chi connectivity index (χ1n) is 8.62. The number of pyridine rings is 1. The summed E-state index contributed by atoms with van der Waals surface area (Å²) in [5, 5.41) is 3.39. The predicted molar refractivity (Wildman–Crippen MR) is 102 cm³/mol. The lowest BCUT2D eigenvalue weighted by Gasteiger charge is -2.27. The number of imidazole rings is 1. The van der Waals surface area contributed by atoms with Crippen molar-refractivity contribution >= 4 is 11.6 Å². The fourth-order valence-corrected chi connectivity index (χ4v) is 3.64. The summed E-state index contributed by atoms with van der Waals surface area (Å²) in [6.07, 6.45) is 4.93. The van der Waals surface area contributed by atoms with Crippen LogP contribution in [-0.4, -0.2) is 33.5 Å². The molecular weight excluding hydrogens is 370 g/mol. The molecule has 1 fully saturated rings. The molecule has 1 aliphatic rings. The number of alkyl halides is 2. The molecule has 2 aromatic heterocycles. The second kappa shape index (κ2) is 7.02. The first-order valence-corrected chi connectivity index (χ1v) is 9.00. The number of nitrogens with zero attached hydrogens (tertiary/aromatic N) is 3. The van der Waals surface area contributed by atoms with E-state index in [1.165, 1.54) is 0 Å². The van der Waals surface area contributed by atoms with Crippen LogP contribution in [0.2, 0.25) is 5.02 Å². The Morgan fingerprint density at radius 2 is 1.85 bits per heavy atom. The van der Waals surface area contributed by atoms with E-state index in [0.717, 1.165) is 16.8 Å². The van der Waals surface area contributed by atoms with E-state index in [0.29, 0.717) is 10.7 Å². The first kappa shape index (κ1) is 18.1. The van der Waals surface area contributed by atoms with E-state index in [9.17, 15) is 8.78 Å². The molecule has 0 amide bonds. The minimum absolute atomic E-state index is 0.214. The number of nitrogens with one attached hydrogen (secondary N) is 1. The Labute approximate surface area is 161 Å². The van der Waals surface area contributed by atoms with E-state index in [-0.39, 0.29) is 13.1 Å². The van der Waals surface area contributed by atoms with Crippen LogP contribution in [0, 0.1) is 12.8 Å². The zero-order valence-electron chi connectivity index (χ0n) is 14.4. The molecule has 3 aromatic rings. The second-order valence-corrected chi connectivity index (χ2v) is 7.09. The number of rotatable bonds is 4. The number of hydrogen-bond donors (Lipinski definition) is 1. The maximum absolute atomic E-state index is 14.3. The summed E-state index contributed by atoms with van der Waals surface area (Å²) in [5.41, 5.74) is 3.13. The maximum atomic E-state index is 14.3. The summed E-state index contributed by atoms with van der Waals surface area (Å²) >= 11 is 5.99. The molecule has 4 rings (SSSR count). The molecule has 0 aliphatic carbocycles. The molecule has 3 heterocycles. The highest BCUT2D eigenvalue weighted by molar-refractivity contribution is 6.30. The molecule has 1 saturated heterocycles. The van der Waals surface area contributed by atoms with Gasteiger partial charge < -0.3 is 9.88 Å². The Kier molecular flexibility index (Phi) is 4.70. The SMILES string of the molecule is [CH2]C(C1CNCC1(F)F)n1cnc(-c2ccc(Cl)cc2)c1-c1ccncc1. The molecule has 1 radical (unpaired) electrons. The molecule has 1 N–H and O–H groups in total. The fourth-order valence-electron chi connectivity index (χ4n) is 3.51. The molecule has 1 aromatic carbocycles. The van der Waals surface area contributed by atoms with Crippen molar-refractivity contribution in [2.24, 2.45) is 5.92 Å². The Bertz CT molecular complexity index is 925. The molecule has 7 heteroatoms.